The minimum absolute atomic E-state index is 0.705. The van der Waals surface area contributed by atoms with Gasteiger partial charge in [-0.3, -0.25) is 0 Å². The van der Waals surface area contributed by atoms with Gasteiger partial charge < -0.3 is 9.73 Å². The molecule has 2 nitrogen and oxygen atoms in total. The molecule has 0 aliphatic rings. The molecular formula is C14H16BrNO. The third-order valence-corrected chi connectivity index (χ3v) is 3.29. The average Bonchev–Trinajstić information content (AvgIpc) is 2.62. The summed E-state index contributed by atoms with van der Waals surface area (Å²) >= 11 is 3.58. The molecular weight excluding hydrogens is 278 g/mol. The van der Waals surface area contributed by atoms with Crippen molar-refractivity contribution in [1.29, 1.82) is 0 Å². The Balaban J connectivity index is 2.14. The van der Waals surface area contributed by atoms with Crippen LogP contribution in [0.5, 0.6) is 0 Å². The number of anilines is 1. The van der Waals surface area contributed by atoms with Gasteiger partial charge in [-0.05, 0) is 66.0 Å². The van der Waals surface area contributed by atoms with Crippen LogP contribution in [-0.4, -0.2) is 0 Å². The number of hydrogen-bond donors (Lipinski definition) is 1. The molecule has 2 rings (SSSR count). The zero-order valence-electron chi connectivity index (χ0n) is 10.3. The topological polar surface area (TPSA) is 25.2 Å². The predicted molar refractivity (Wildman–Crippen MR) is 74.4 cm³/mol. The van der Waals surface area contributed by atoms with Crippen LogP contribution in [0.1, 0.15) is 22.6 Å². The molecule has 17 heavy (non-hydrogen) atoms. The van der Waals surface area contributed by atoms with Crippen molar-refractivity contribution in [3.05, 3.63) is 51.4 Å². The highest BCUT2D eigenvalue weighted by Gasteiger charge is 2.05. The molecule has 1 N–H and O–H groups in total. The molecule has 90 valence electrons. The zero-order chi connectivity index (χ0) is 12.4. The second kappa shape index (κ2) is 4.96. The SMILES string of the molecule is Cc1cc(C)c(NCc2ccc(C)o2)c(Br)c1. The van der Waals surface area contributed by atoms with Crippen LogP contribution in [0, 0.1) is 20.8 Å². The maximum Gasteiger partial charge on any atom is 0.123 e. The minimum atomic E-state index is 0.705. The van der Waals surface area contributed by atoms with Gasteiger partial charge >= 0.3 is 0 Å². The zero-order valence-corrected chi connectivity index (χ0v) is 11.9. The molecule has 1 heterocycles. The van der Waals surface area contributed by atoms with Crippen molar-refractivity contribution in [3.8, 4) is 0 Å². The Morgan fingerprint density at radius 1 is 1.18 bits per heavy atom. The second-order valence-electron chi connectivity index (χ2n) is 4.30. The number of benzene rings is 1. The predicted octanol–water partition coefficient (Wildman–Crippen LogP) is 4.58. The molecule has 0 fully saturated rings. The van der Waals surface area contributed by atoms with Crippen molar-refractivity contribution in [2.24, 2.45) is 0 Å². The summed E-state index contributed by atoms with van der Waals surface area (Å²) < 4.78 is 6.63. The molecule has 1 aromatic carbocycles. The van der Waals surface area contributed by atoms with Crippen molar-refractivity contribution < 1.29 is 4.42 Å². The summed E-state index contributed by atoms with van der Waals surface area (Å²) in [7, 11) is 0. The standard InChI is InChI=1S/C14H16BrNO/c1-9-6-10(2)14(13(15)7-9)16-8-12-5-4-11(3)17-12/h4-7,16H,8H2,1-3H3. The van der Waals surface area contributed by atoms with Gasteiger partial charge in [-0.2, -0.15) is 0 Å². The summed E-state index contributed by atoms with van der Waals surface area (Å²) in [5.74, 6) is 1.90. The maximum absolute atomic E-state index is 5.53. The van der Waals surface area contributed by atoms with Crippen LogP contribution >= 0.6 is 15.9 Å². The third-order valence-electron chi connectivity index (χ3n) is 2.67. The van der Waals surface area contributed by atoms with Crippen LogP contribution in [-0.2, 0) is 6.54 Å². The van der Waals surface area contributed by atoms with E-state index in [1.165, 1.54) is 11.1 Å². The molecule has 0 atom stereocenters. The van der Waals surface area contributed by atoms with Gasteiger partial charge in [-0.25, -0.2) is 0 Å². The normalized spacial score (nSPS) is 10.6. The quantitative estimate of drug-likeness (QED) is 0.896. The lowest BCUT2D eigenvalue weighted by molar-refractivity contribution is 0.490. The first-order chi connectivity index (χ1) is 8.06. The minimum Gasteiger partial charge on any atom is -0.465 e. The molecule has 0 spiro atoms. The fourth-order valence-electron chi connectivity index (χ4n) is 1.90. The molecule has 0 aliphatic carbocycles. The fraction of sp³-hybridized carbons (Fsp3) is 0.286. The molecule has 0 amide bonds. The van der Waals surface area contributed by atoms with Crippen LogP contribution in [0.4, 0.5) is 5.69 Å². The van der Waals surface area contributed by atoms with Crippen LogP contribution in [0.25, 0.3) is 0 Å². The van der Waals surface area contributed by atoms with Crippen LogP contribution in [0.15, 0.2) is 33.2 Å². The van der Waals surface area contributed by atoms with E-state index in [9.17, 15) is 0 Å². The number of nitrogens with one attached hydrogen (secondary N) is 1. The monoisotopic (exact) mass is 293 g/mol. The largest absolute Gasteiger partial charge is 0.465 e. The first-order valence-electron chi connectivity index (χ1n) is 5.62. The fourth-order valence-corrected chi connectivity index (χ4v) is 2.71. The molecule has 0 saturated carbocycles. The first-order valence-corrected chi connectivity index (χ1v) is 6.41. The van der Waals surface area contributed by atoms with Crippen LogP contribution in [0.3, 0.4) is 0 Å². The summed E-state index contributed by atoms with van der Waals surface area (Å²) in [4.78, 5) is 0. The summed E-state index contributed by atoms with van der Waals surface area (Å²) in [6, 6.07) is 8.26. The van der Waals surface area contributed by atoms with Gasteiger partial charge in [0, 0.05) is 4.47 Å². The van der Waals surface area contributed by atoms with E-state index >= 15 is 0 Å². The Morgan fingerprint density at radius 3 is 2.53 bits per heavy atom. The highest BCUT2D eigenvalue weighted by atomic mass is 79.9. The Hall–Kier alpha value is -1.22. The van der Waals surface area contributed by atoms with Gasteiger partial charge in [-0.15, -0.1) is 0 Å². The number of hydrogen-bond acceptors (Lipinski definition) is 2. The lowest BCUT2D eigenvalue weighted by Gasteiger charge is -2.11. The first kappa shape index (κ1) is 12.2. The van der Waals surface area contributed by atoms with Crippen LogP contribution in [0.2, 0.25) is 0 Å². The highest BCUT2D eigenvalue weighted by molar-refractivity contribution is 9.10. The van der Waals surface area contributed by atoms with Crippen molar-refractivity contribution in [2.45, 2.75) is 27.3 Å². The summed E-state index contributed by atoms with van der Waals surface area (Å²) in [5, 5.41) is 3.40. The smallest absolute Gasteiger partial charge is 0.123 e. The lowest BCUT2D eigenvalue weighted by Crippen LogP contribution is -2.01. The van der Waals surface area contributed by atoms with E-state index in [1.54, 1.807) is 0 Å². The number of halogens is 1. The van der Waals surface area contributed by atoms with Crippen molar-refractivity contribution in [2.75, 3.05) is 5.32 Å². The van der Waals surface area contributed by atoms with Gasteiger partial charge in [-0.1, -0.05) is 6.07 Å². The average molecular weight is 294 g/mol. The Labute approximate surface area is 110 Å². The van der Waals surface area contributed by atoms with E-state index < -0.39 is 0 Å². The van der Waals surface area contributed by atoms with Gasteiger partial charge in [0.05, 0.1) is 12.2 Å². The molecule has 0 unspecified atom stereocenters. The molecule has 3 heteroatoms. The lowest BCUT2D eigenvalue weighted by atomic mass is 10.1. The van der Waals surface area contributed by atoms with Crippen molar-refractivity contribution in [1.82, 2.24) is 0 Å². The maximum atomic E-state index is 5.53. The molecule has 0 saturated heterocycles. The van der Waals surface area contributed by atoms with E-state index in [4.69, 9.17) is 4.42 Å². The molecule has 0 radical (unpaired) electrons. The molecule has 2 aromatic rings. The van der Waals surface area contributed by atoms with E-state index in [0.29, 0.717) is 6.54 Å². The van der Waals surface area contributed by atoms with E-state index in [2.05, 4.69) is 47.2 Å². The van der Waals surface area contributed by atoms with Gasteiger partial charge in [0.2, 0.25) is 0 Å². The van der Waals surface area contributed by atoms with Crippen molar-refractivity contribution in [3.63, 3.8) is 0 Å². The number of aryl methyl sites for hydroxylation is 3. The molecule has 0 bridgehead atoms. The Bertz CT molecular complexity index is 508. The highest BCUT2D eigenvalue weighted by Crippen LogP contribution is 2.28. The van der Waals surface area contributed by atoms with E-state index in [0.717, 1.165) is 21.7 Å². The van der Waals surface area contributed by atoms with E-state index in [1.807, 2.05) is 19.1 Å². The second-order valence-corrected chi connectivity index (χ2v) is 5.16. The summed E-state index contributed by atoms with van der Waals surface area (Å²) in [6.45, 7) is 6.86. The summed E-state index contributed by atoms with van der Waals surface area (Å²) in [5.41, 5.74) is 3.62. The third kappa shape index (κ3) is 2.91. The van der Waals surface area contributed by atoms with Gasteiger partial charge in [0.25, 0.3) is 0 Å². The number of furan rings is 1. The van der Waals surface area contributed by atoms with Crippen LogP contribution < -0.4 is 5.32 Å². The van der Waals surface area contributed by atoms with Gasteiger partial charge in [0.1, 0.15) is 11.5 Å². The molecule has 1 aromatic heterocycles. The molecule has 0 aliphatic heterocycles. The summed E-state index contributed by atoms with van der Waals surface area (Å²) in [6.07, 6.45) is 0. The van der Waals surface area contributed by atoms with Gasteiger partial charge in [0.15, 0.2) is 0 Å². The van der Waals surface area contributed by atoms with Crippen molar-refractivity contribution >= 4 is 21.6 Å². The van der Waals surface area contributed by atoms with E-state index in [-0.39, 0.29) is 0 Å². The Kier molecular flexibility index (Phi) is 3.57. The number of rotatable bonds is 3. The Morgan fingerprint density at radius 2 is 1.94 bits per heavy atom.